The van der Waals surface area contributed by atoms with Gasteiger partial charge in [-0.15, -0.1) is 11.6 Å². The highest BCUT2D eigenvalue weighted by Gasteiger charge is 2.18. The van der Waals surface area contributed by atoms with Crippen LogP contribution in [-0.4, -0.2) is 18.7 Å². The fraction of sp³-hybridized carbons (Fsp3) is 0.250. The van der Waals surface area contributed by atoms with Crippen LogP contribution in [0.4, 0.5) is 5.69 Å². The minimum Gasteiger partial charge on any atom is -0.340 e. The molecule has 1 N–H and O–H groups in total. The van der Waals surface area contributed by atoms with E-state index in [2.05, 4.69) is 15.4 Å². The maximum Gasteiger partial charge on any atom is 0.232 e. The largest absolute Gasteiger partial charge is 0.340 e. The molecule has 2 aromatic carbocycles. The minimum absolute atomic E-state index is 0.0142. The van der Waals surface area contributed by atoms with E-state index in [-0.39, 0.29) is 5.75 Å². The molecule has 0 fully saturated rings. The number of aryl methyl sites for hydroxylation is 1. The van der Waals surface area contributed by atoms with Gasteiger partial charge in [0.2, 0.25) is 10.0 Å². The second kappa shape index (κ2) is 7.63. The van der Waals surface area contributed by atoms with Crippen LogP contribution in [-0.2, 0) is 22.4 Å². The minimum atomic E-state index is -3.32. The van der Waals surface area contributed by atoms with Crippen molar-refractivity contribution in [2.45, 2.75) is 26.3 Å². The zero-order valence-corrected chi connectivity index (χ0v) is 16.7. The van der Waals surface area contributed by atoms with Crippen LogP contribution in [0.25, 0.3) is 22.2 Å². The molecule has 0 aliphatic rings. The Hall–Kier alpha value is -2.49. The van der Waals surface area contributed by atoms with Crippen LogP contribution in [0.1, 0.15) is 25.0 Å². The number of nitriles is 1. The molecule has 0 amide bonds. The van der Waals surface area contributed by atoms with E-state index < -0.39 is 10.0 Å². The van der Waals surface area contributed by atoms with E-state index in [1.165, 1.54) is 0 Å². The summed E-state index contributed by atoms with van der Waals surface area (Å²) in [6.07, 6.45) is 0. The molecule has 1 heterocycles. The third-order valence-corrected chi connectivity index (χ3v) is 6.14. The van der Waals surface area contributed by atoms with E-state index in [1.807, 2.05) is 37.3 Å². The second-order valence-electron chi connectivity index (χ2n) is 6.15. The Morgan fingerprint density at radius 2 is 1.85 bits per heavy atom. The molecule has 0 unspecified atom stereocenters. The first kappa shape index (κ1) is 19.3. The molecule has 0 aliphatic carbocycles. The lowest BCUT2D eigenvalue weighted by atomic mass is 10.1. The summed E-state index contributed by atoms with van der Waals surface area (Å²) in [6, 6.07) is 15.3. The van der Waals surface area contributed by atoms with Crippen molar-refractivity contribution in [2.75, 3.05) is 10.5 Å². The van der Waals surface area contributed by atoms with E-state index in [0.717, 1.165) is 27.7 Å². The lowest BCUT2D eigenvalue weighted by Crippen LogP contribution is -2.14. The predicted molar refractivity (Wildman–Crippen MR) is 110 cm³/mol. The monoisotopic (exact) mass is 401 g/mol. The van der Waals surface area contributed by atoms with Gasteiger partial charge >= 0.3 is 0 Å². The number of alkyl halides is 1. The molecule has 0 radical (unpaired) electrons. The molecule has 5 nitrogen and oxygen atoms in total. The average molecular weight is 402 g/mol. The summed E-state index contributed by atoms with van der Waals surface area (Å²) in [5.41, 5.74) is 4.76. The summed E-state index contributed by atoms with van der Waals surface area (Å²) in [5.74, 6) is 0.425. The van der Waals surface area contributed by atoms with Crippen molar-refractivity contribution in [3.05, 3.63) is 53.6 Å². The Kier molecular flexibility index (Phi) is 5.45. The van der Waals surface area contributed by atoms with E-state index in [4.69, 9.17) is 11.6 Å². The first-order valence-corrected chi connectivity index (χ1v) is 10.8. The molecular formula is C20H20ClN3O2S. The maximum absolute atomic E-state index is 11.7. The smallest absolute Gasteiger partial charge is 0.232 e. The van der Waals surface area contributed by atoms with Gasteiger partial charge in [0.25, 0.3) is 0 Å². The van der Waals surface area contributed by atoms with Crippen molar-refractivity contribution in [1.82, 2.24) is 4.57 Å². The molecule has 3 aromatic rings. The van der Waals surface area contributed by atoms with Crippen LogP contribution in [0.2, 0.25) is 0 Å². The number of rotatable bonds is 6. The molecule has 0 saturated heterocycles. The number of nitrogens with one attached hydrogen (secondary N) is 1. The Bertz CT molecular complexity index is 1130. The summed E-state index contributed by atoms with van der Waals surface area (Å²) in [6.45, 7) is 4.31. The molecule has 0 spiro atoms. The van der Waals surface area contributed by atoms with Crippen LogP contribution in [0.15, 0.2) is 42.5 Å². The zero-order valence-electron chi connectivity index (χ0n) is 15.2. The summed E-state index contributed by atoms with van der Waals surface area (Å²) in [7, 11) is -3.32. The lowest BCUT2D eigenvalue weighted by molar-refractivity contribution is 0.602. The van der Waals surface area contributed by atoms with E-state index in [1.54, 1.807) is 19.1 Å². The highest BCUT2D eigenvalue weighted by molar-refractivity contribution is 7.92. The van der Waals surface area contributed by atoms with Crippen molar-refractivity contribution in [2.24, 2.45) is 0 Å². The van der Waals surface area contributed by atoms with Gasteiger partial charge in [0.15, 0.2) is 0 Å². The number of benzene rings is 2. The molecule has 0 aliphatic heterocycles. The predicted octanol–water partition coefficient (Wildman–Crippen LogP) is 4.70. The third-order valence-electron chi connectivity index (χ3n) is 4.52. The lowest BCUT2D eigenvalue weighted by Gasteiger charge is -2.11. The summed E-state index contributed by atoms with van der Waals surface area (Å²) in [4.78, 5) is 0. The molecule has 3 rings (SSSR count). The van der Waals surface area contributed by atoms with Gasteiger partial charge in [0.1, 0.15) is 6.07 Å². The number of hydrogen-bond donors (Lipinski definition) is 1. The van der Waals surface area contributed by atoms with E-state index in [0.29, 0.717) is 23.7 Å². The van der Waals surface area contributed by atoms with Crippen LogP contribution in [0.3, 0.4) is 0 Å². The third kappa shape index (κ3) is 3.66. The van der Waals surface area contributed by atoms with Gasteiger partial charge in [-0.2, -0.15) is 5.26 Å². The number of anilines is 1. The van der Waals surface area contributed by atoms with Crippen LogP contribution < -0.4 is 4.72 Å². The molecule has 27 heavy (non-hydrogen) atoms. The Morgan fingerprint density at radius 3 is 2.41 bits per heavy atom. The zero-order chi connectivity index (χ0) is 19.6. The number of nitrogens with zero attached hydrogens (tertiary/aromatic N) is 2. The van der Waals surface area contributed by atoms with Crippen LogP contribution in [0, 0.1) is 11.3 Å². The molecule has 0 bridgehead atoms. The molecule has 7 heteroatoms. The molecule has 140 valence electrons. The fourth-order valence-electron chi connectivity index (χ4n) is 3.17. The van der Waals surface area contributed by atoms with Crippen molar-refractivity contribution in [3.8, 4) is 17.3 Å². The number of halogens is 1. The Morgan fingerprint density at radius 1 is 1.15 bits per heavy atom. The van der Waals surface area contributed by atoms with Crippen LogP contribution in [0.5, 0.6) is 0 Å². The first-order chi connectivity index (χ1) is 12.9. The molecule has 0 saturated carbocycles. The van der Waals surface area contributed by atoms with Gasteiger partial charge in [0.05, 0.1) is 22.5 Å². The van der Waals surface area contributed by atoms with Crippen molar-refractivity contribution in [3.63, 3.8) is 0 Å². The quantitative estimate of drug-likeness (QED) is 0.608. The summed E-state index contributed by atoms with van der Waals surface area (Å²) in [5, 5.41) is 10.7. The van der Waals surface area contributed by atoms with Gasteiger partial charge in [-0.1, -0.05) is 24.3 Å². The molecule has 0 atom stereocenters. The van der Waals surface area contributed by atoms with Gasteiger partial charge in [-0.25, -0.2) is 8.42 Å². The number of fused-ring (bicyclic) bond motifs is 1. The van der Waals surface area contributed by atoms with E-state index in [9.17, 15) is 13.7 Å². The molecule has 1 aromatic heterocycles. The normalized spacial score (nSPS) is 11.5. The number of aromatic nitrogens is 1. The van der Waals surface area contributed by atoms with Crippen molar-refractivity contribution < 1.29 is 8.42 Å². The molecular weight excluding hydrogens is 382 g/mol. The second-order valence-corrected chi connectivity index (χ2v) is 8.43. The van der Waals surface area contributed by atoms with E-state index >= 15 is 0 Å². The Labute approximate surface area is 164 Å². The first-order valence-electron chi connectivity index (χ1n) is 8.66. The highest BCUT2D eigenvalue weighted by atomic mass is 35.5. The average Bonchev–Trinajstić information content (AvgIpc) is 3.00. The SMILES string of the molecule is CCn1c(-c2ccc(NS(=O)(=O)CC)cc2)c(C#N)c2ccc(CCl)cc21. The highest BCUT2D eigenvalue weighted by Crippen LogP contribution is 2.34. The summed E-state index contributed by atoms with van der Waals surface area (Å²) < 4.78 is 28.1. The standard InChI is InChI=1S/C20H20ClN3O2S/c1-3-24-19-11-14(12-21)5-10-17(19)18(13-22)20(24)15-6-8-16(9-7-15)23-27(25,26)4-2/h5-11,23H,3-4,12H2,1-2H3. The number of sulfonamides is 1. The van der Waals surface area contributed by atoms with Crippen molar-refractivity contribution >= 4 is 38.2 Å². The van der Waals surface area contributed by atoms with Crippen molar-refractivity contribution in [1.29, 1.82) is 5.26 Å². The van der Waals surface area contributed by atoms with Crippen LogP contribution >= 0.6 is 11.6 Å². The van der Waals surface area contributed by atoms with Gasteiger partial charge in [-0.05, 0) is 43.2 Å². The van der Waals surface area contributed by atoms with Gasteiger partial charge < -0.3 is 4.57 Å². The number of hydrogen-bond acceptors (Lipinski definition) is 3. The Balaban J connectivity index is 2.15. The maximum atomic E-state index is 11.7. The summed E-state index contributed by atoms with van der Waals surface area (Å²) >= 11 is 5.97. The van der Waals surface area contributed by atoms with Gasteiger partial charge in [-0.3, -0.25) is 4.72 Å². The fourth-order valence-corrected chi connectivity index (χ4v) is 3.97. The van der Waals surface area contributed by atoms with Gasteiger partial charge in [0, 0.05) is 23.5 Å². The topological polar surface area (TPSA) is 74.9 Å².